The molecule has 1 amide bonds. The van der Waals surface area contributed by atoms with Gasteiger partial charge in [-0.05, 0) is 19.2 Å². The van der Waals surface area contributed by atoms with E-state index in [2.05, 4.69) is 26.9 Å². The molecule has 1 fully saturated rings. The van der Waals surface area contributed by atoms with Crippen LogP contribution in [0.1, 0.15) is 27.4 Å². The van der Waals surface area contributed by atoms with Gasteiger partial charge in [-0.1, -0.05) is 6.07 Å². The number of carbonyl (C=O) groups is 1. The number of rotatable bonds is 3. The van der Waals surface area contributed by atoms with E-state index in [9.17, 15) is 4.79 Å². The van der Waals surface area contributed by atoms with Crippen molar-refractivity contribution in [2.45, 2.75) is 19.6 Å². The van der Waals surface area contributed by atoms with E-state index >= 15 is 0 Å². The maximum Gasteiger partial charge on any atom is 0.274 e. The Kier molecular flexibility index (Phi) is 4.27. The Morgan fingerprint density at radius 2 is 1.92 bits per heavy atom. The zero-order valence-corrected chi connectivity index (χ0v) is 14.9. The fourth-order valence-corrected chi connectivity index (χ4v) is 3.62. The molecule has 0 unspecified atom stereocenters. The predicted octanol–water partition coefficient (Wildman–Crippen LogP) is 0.718. The third-order valence-corrected chi connectivity index (χ3v) is 5.13. The van der Waals surface area contributed by atoms with Crippen LogP contribution in [0.15, 0.2) is 24.4 Å². The fourth-order valence-electron chi connectivity index (χ4n) is 3.62. The average molecular weight is 340 g/mol. The molecular weight excluding hydrogens is 316 g/mol. The Morgan fingerprint density at radius 1 is 1.12 bits per heavy atom. The van der Waals surface area contributed by atoms with Gasteiger partial charge in [0, 0.05) is 64.6 Å². The van der Waals surface area contributed by atoms with Crippen LogP contribution in [0.3, 0.4) is 0 Å². The van der Waals surface area contributed by atoms with Gasteiger partial charge >= 0.3 is 0 Å². The van der Waals surface area contributed by atoms with E-state index in [1.165, 1.54) is 0 Å². The van der Waals surface area contributed by atoms with Crippen LogP contribution in [-0.4, -0.2) is 68.6 Å². The maximum atomic E-state index is 12.9. The Balaban J connectivity index is 1.50. The quantitative estimate of drug-likeness (QED) is 0.824. The SMILES string of the molecule is CN1CCN(C(=O)c2nn(C)c3c2CN(Cc2ccccn2)C3)CC1. The van der Waals surface area contributed by atoms with Gasteiger partial charge in [-0.3, -0.25) is 19.4 Å². The Hall–Kier alpha value is -2.25. The van der Waals surface area contributed by atoms with Gasteiger partial charge in [0.2, 0.25) is 0 Å². The summed E-state index contributed by atoms with van der Waals surface area (Å²) in [6.45, 7) is 5.76. The number of aromatic nitrogens is 3. The molecule has 0 N–H and O–H groups in total. The van der Waals surface area contributed by atoms with E-state index in [0.717, 1.165) is 62.8 Å². The number of hydrogen-bond donors (Lipinski definition) is 0. The van der Waals surface area contributed by atoms with Crippen molar-refractivity contribution in [1.29, 1.82) is 0 Å². The highest BCUT2D eigenvalue weighted by Gasteiger charge is 2.32. The number of carbonyl (C=O) groups excluding carboxylic acids is 1. The molecule has 25 heavy (non-hydrogen) atoms. The number of hydrogen-bond acceptors (Lipinski definition) is 5. The number of amides is 1. The fraction of sp³-hybridized carbons (Fsp3) is 0.500. The van der Waals surface area contributed by atoms with Crippen molar-refractivity contribution in [3.8, 4) is 0 Å². The first-order valence-electron chi connectivity index (χ1n) is 8.76. The molecule has 1 saturated heterocycles. The number of pyridine rings is 1. The Morgan fingerprint density at radius 3 is 2.64 bits per heavy atom. The van der Waals surface area contributed by atoms with E-state index in [-0.39, 0.29) is 5.91 Å². The van der Waals surface area contributed by atoms with Crippen LogP contribution in [-0.2, 0) is 26.7 Å². The van der Waals surface area contributed by atoms with Crippen LogP contribution >= 0.6 is 0 Å². The predicted molar refractivity (Wildman–Crippen MR) is 93.8 cm³/mol. The smallest absolute Gasteiger partial charge is 0.274 e. The van der Waals surface area contributed by atoms with Crippen LogP contribution in [0, 0.1) is 0 Å². The summed E-state index contributed by atoms with van der Waals surface area (Å²) in [7, 11) is 4.03. The van der Waals surface area contributed by atoms with Gasteiger partial charge in [0.15, 0.2) is 5.69 Å². The molecule has 2 aromatic heterocycles. The van der Waals surface area contributed by atoms with E-state index in [0.29, 0.717) is 5.69 Å². The minimum absolute atomic E-state index is 0.0737. The van der Waals surface area contributed by atoms with Crippen LogP contribution in [0.2, 0.25) is 0 Å². The lowest BCUT2D eigenvalue weighted by molar-refractivity contribution is 0.0655. The van der Waals surface area contributed by atoms with E-state index in [1.54, 1.807) is 0 Å². The normalized spacial score (nSPS) is 18.6. The summed E-state index contributed by atoms with van der Waals surface area (Å²) in [5.41, 5.74) is 3.91. The summed E-state index contributed by atoms with van der Waals surface area (Å²) in [5, 5.41) is 4.54. The molecule has 0 bridgehead atoms. The molecule has 0 spiro atoms. The molecule has 0 radical (unpaired) electrons. The van der Waals surface area contributed by atoms with Crippen LogP contribution in [0.5, 0.6) is 0 Å². The summed E-state index contributed by atoms with van der Waals surface area (Å²) >= 11 is 0. The van der Waals surface area contributed by atoms with Gasteiger partial charge in [-0.15, -0.1) is 0 Å². The molecule has 7 nitrogen and oxygen atoms in total. The molecule has 2 aliphatic heterocycles. The summed E-state index contributed by atoms with van der Waals surface area (Å²) in [4.78, 5) is 23.9. The second kappa shape index (κ2) is 6.57. The van der Waals surface area contributed by atoms with Gasteiger partial charge in [0.05, 0.1) is 11.4 Å². The first kappa shape index (κ1) is 16.2. The Bertz CT molecular complexity index is 763. The molecular formula is C18H24N6O. The maximum absolute atomic E-state index is 12.9. The third kappa shape index (κ3) is 3.17. The van der Waals surface area contributed by atoms with E-state index < -0.39 is 0 Å². The summed E-state index contributed by atoms with van der Waals surface area (Å²) in [5.74, 6) is 0.0737. The van der Waals surface area contributed by atoms with Gasteiger partial charge in [-0.2, -0.15) is 5.10 Å². The van der Waals surface area contributed by atoms with E-state index in [4.69, 9.17) is 0 Å². The van der Waals surface area contributed by atoms with Gasteiger partial charge < -0.3 is 9.80 Å². The molecule has 2 aliphatic rings. The van der Waals surface area contributed by atoms with Crippen molar-refractivity contribution in [1.82, 2.24) is 29.5 Å². The average Bonchev–Trinajstić information content (AvgIpc) is 3.16. The van der Waals surface area contributed by atoms with Gasteiger partial charge in [-0.25, -0.2) is 0 Å². The highest BCUT2D eigenvalue weighted by Crippen LogP contribution is 2.27. The molecule has 7 heteroatoms. The molecule has 4 heterocycles. The van der Waals surface area contributed by atoms with Gasteiger partial charge in [0.1, 0.15) is 0 Å². The molecule has 0 aromatic carbocycles. The highest BCUT2D eigenvalue weighted by atomic mass is 16.2. The highest BCUT2D eigenvalue weighted by molar-refractivity contribution is 5.94. The number of fused-ring (bicyclic) bond motifs is 1. The van der Waals surface area contributed by atoms with Crippen molar-refractivity contribution in [2.24, 2.45) is 7.05 Å². The zero-order valence-electron chi connectivity index (χ0n) is 14.9. The topological polar surface area (TPSA) is 57.5 Å². The number of aryl methyl sites for hydroxylation is 1. The lowest BCUT2D eigenvalue weighted by Crippen LogP contribution is -2.47. The lowest BCUT2D eigenvalue weighted by atomic mass is 10.2. The minimum Gasteiger partial charge on any atom is -0.335 e. The molecule has 0 atom stereocenters. The molecule has 4 rings (SSSR count). The van der Waals surface area contributed by atoms with Crippen LogP contribution in [0.4, 0.5) is 0 Å². The second-order valence-electron chi connectivity index (χ2n) is 6.96. The lowest BCUT2D eigenvalue weighted by Gasteiger charge is -2.32. The summed E-state index contributed by atoms with van der Waals surface area (Å²) in [6.07, 6.45) is 1.82. The largest absolute Gasteiger partial charge is 0.335 e. The molecule has 2 aromatic rings. The van der Waals surface area contributed by atoms with Crippen LogP contribution < -0.4 is 0 Å². The summed E-state index contributed by atoms with van der Waals surface area (Å²) < 4.78 is 1.87. The van der Waals surface area contributed by atoms with E-state index in [1.807, 2.05) is 41.0 Å². The number of piperazine rings is 1. The van der Waals surface area contributed by atoms with Crippen molar-refractivity contribution in [2.75, 3.05) is 33.2 Å². The van der Waals surface area contributed by atoms with Gasteiger partial charge in [0.25, 0.3) is 5.91 Å². The number of likely N-dealkylation sites (N-methyl/N-ethyl adjacent to an activating group) is 1. The van der Waals surface area contributed by atoms with Crippen molar-refractivity contribution in [3.63, 3.8) is 0 Å². The first-order valence-corrected chi connectivity index (χ1v) is 8.76. The second-order valence-corrected chi connectivity index (χ2v) is 6.96. The van der Waals surface area contributed by atoms with Crippen molar-refractivity contribution < 1.29 is 4.79 Å². The Labute approximate surface area is 147 Å². The number of nitrogens with zero attached hydrogens (tertiary/aromatic N) is 6. The standard InChI is InChI=1S/C18H24N6O/c1-21-7-9-24(10-8-21)18(25)17-15-12-23(13-16(15)22(2)20-17)11-14-5-3-4-6-19-14/h3-6H,7-13H2,1-2H3. The molecule has 0 aliphatic carbocycles. The summed E-state index contributed by atoms with van der Waals surface area (Å²) in [6, 6.07) is 5.98. The third-order valence-electron chi connectivity index (χ3n) is 5.13. The molecule has 0 saturated carbocycles. The first-order chi connectivity index (χ1) is 12.1. The van der Waals surface area contributed by atoms with Crippen molar-refractivity contribution in [3.05, 3.63) is 47.0 Å². The monoisotopic (exact) mass is 340 g/mol. The van der Waals surface area contributed by atoms with Crippen molar-refractivity contribution >= 4 is 5.91 Å². The molecule has 132 valence electrons. The zero-order chi connectivity index (χ0) is 17.4. The van der Waals surface area contributed by atoms with Crippen LogP contribution in [0.25, 0.3) is 0 Å². The minimum atomic E-state index is 0.0737.